The summed E-state index contributed by atoms with van der Waals surface area (Å²) in [6, 6.07) is 17.0. The number of aromatic nitrogens is 2. The number of carbonyl (C=O) groups is 4. The smallest absolute Gasteiger partial charge is 0.409 e. The van der Waals surface area contributed by atoms with Crippen molar-refractivity contribution in [2.24, 2.45) is 0 Å². The van der Waals surface area contributed by atoms with Gasteiger partial charge in [0.15, 0.2) is 11.9 Å². The Bertz CT molecular complexity index is 1870. The first-order chi connectivity index (χ1) is 27.4. The fourth-order valence-electron chi connectivity index (χ4n) is 6.34. The molecular formula is C39H52N7O10P. The Morgan fingerprint density at radius 2 is 1.61 bits per heavy atom. The lowest BCUT2D eigenvalue weighted by atomic mass is 10.2. The number of hydrogen-bond donors (Lipinski definition) is 2. The molecule has 17 nitrogen and oxygen atoms in total. The molecular weight excluding hydrogens is 757 g/mol. The summed E-state index contributed by atoms with van der Waals surface area (Å²) < 4.78 is 30.5. The van der Waals surface area contributed by atoms with Crippen LogP contribution in [0, 0.1) is 0 Å². The minimum Gasteiger partial charge on any atom is -0.464 e. The van der Waals surface area contributed by atoms with Crippen LogP contribution in [0.4, 0.5) is 16.3 Å². The highest BCUT2D eigenvalue weighted by Gasteiger charge is 2.41. The molecule has 2 saturated heterocycles. The molecule has 1 unspecified atom stereocenters. The molecule has 0 radical (unpaired) electrons. The van der Waals surface area contributed by atoms with Crippen LogP contribution in [0.2, 0.25) is 0 Å². The molecule has 0 aliphatic carbocycles. The number of hydrogen-bond acceptors (Lipinski definition) is 12. The van der Waals surface area contributed by atoms with Gasteiger partial charge in [0.05, 0.1) is 31.2 Å². The maximum absolute atomic E-state index is 14.5. The highest BCUT2D eigenvalue weighted by atomic mass is 31.2. The third kappa shape index (κ3) is 11.5. The van der Waals surface area contributed by atoms with Crippen LogP contribution in [0.5, 0.6) is 0 Å². The Labute approximate surface area is 332 Å². The van der Waals surface area contributed by atoms with Gasteiger partial charge in [-0.3, -0.25) is 19.0 Å². The molecule has 308 valence electrons. The number of para-hydroxylation sites is 1. The molecule has 0 saturated carbocycles. The lowest BCUT2D eigenvalue weighted by molar-refractivity contribution is -0.155. The first-order valence-corrected chi connectivity index (χ1v) is 21.0. The van der Waals surface area contributed by atoms with E-state index in [0.29, 0.717) is 29.3 Å². The van der Waals surface area contributed by atoms with Gasteiger partial charge in [0.1, 0.15) is 17.6 Å². The van der Waals surface area contributed by atoms with Crippen molar-refractivity contribution in [1.82, 2.24) is 25.1 Å². The molecule has 4 atom stereocenters. The molecule has 2 fully saturated rings. The zero-order chi connectivity index (χ0) is 41.0. The average Bonchev–Trinajstić information content (AvgIpc) is 3.72. The number of unbranched alkanes of at least 4 members (excludes halogenated alkanes) is 1. The van der Waals surface area contributed by atoms with E-state index in [2.05, 4.69) is 10.3 Å². The van der Waals surface area contributed by atoms with Crippen molar-refractivity contribution < 1.29 is 47.7 Å². The van der Waals surface area contributed by atoms with Crippen molar-refractivity contribution in [3.05, 3.63) is 72.4 Å². The topological polar surface area (TPSA) is 193 Å². The van der Waals surface area contributed by atoms with Crippen LogP contribution in [0.15, 0.2) is 66.7 Å². The summed E-state index contributed by atoms with van der Waals surface area (Å²) in [6.45, 7) is 6.94. The van der Waals surface area contributed by atoms with E-state index in [1.807, 2.05) is 42.2 Å². The van der Waals surface area contributed by atoms with Gasteiger partial charge in [0, 0.05) is 58.0 Å². The van der Waals surface area contributed by atoms with Gasteiger partial charge >= 0.3 is 19.6 Å². The number of ether oxygens (including phenoxy) is 3. The van der Waals surface area contributed by atoms with Crippen molar-refractivity contribution in [3.8, 4) is 11.4 Å². The van der Waals surface area contributed by atoms with Crippen molar-refractivity contribution in [3.63, 3.8) is 0 Å². The SMILES string of the molecule is CCCCOC(=O)N1CCN(C(=O)[C@H](CP(=O)(O)N(O[C@@H](C)C(=O)OCC)c2ccccc2)NC(=O)c2cc(N3CC[C@H](OC)C3)nc(-c3ccccc3)n2)CC1. The van der Waals surface area contributed by atoms with Crippen molar-refractivity contribution in [1.29, 1.82) is 0 Å². The van der Waals surface area contributed by atoms with Crippen LogP contribution in [-0.2, 0) is 33.2 Å². The van der Waals surface area contributed by atoms with Gasteiger partial charge < -0.3 is 39.1 Å². The molecule has 2 aliphatic heterocycles. The summed E-state index contributed by atoms with van der Waals surface area (Å²) in [7, 11) is -3.14. The Morgan fingerprint density at radius 1 is 0.947 bits per heavy atom. The van der Waals surface area contributed by atoms with E-state index in [9.17, 15) is 28.6 Å². The summed E-state index contributed by atoms with van der Waals surface area (Å²) >= 11 is 0. The number of carbonyl (C=O) groups excluding carboxylic acids is 4. The van der Waals surface area contributed by atoms with Gasteiger partial charge in [-0.25, -0.2) is 19.6 Å². The normalized spacial score (nSPS) is 17.6. The van der Waals surface area contributed by atoms with Crippen molar-refractivity contribution in [2.45, 2.75) is 58.3 Å². The lowest BCUT2D eigenvalue weighted by Gasteiger charge is -2.37. The van der Waals surface area contributed by atoms with E-state index in [4.69, 9.17) is 24.0 Å². The third-order valence-corrected chi connectivity index (χ3v) is 11.2. The second-order valence-electron chi connectivity index (χ2n) is 13.7. The van der Waals surface area contributed by atoms with E-state index in [1.54, 1.807) is 32.2 Å². The number of rotatable bonds is 17. The van der Waals surface area contributed by atoms with Gasteiger partial charge in [-0.05, 0) is 38.8 Å². The molecule has 57 heavy (non-hydrogen) atoms. The lowest BCUT2D eigenvalue weighted by Crippen LogP contribution is -2.57. The zero-order valence-electron chi connectivity index (χ0n) is 32.8. The summed E-state index contributed by atoms with van der Waals surface area (Å²) in [5.74, 6) is -1.48. The molecule has 0 bridgehead atoms. The highest BCUT2D eigenvalue weighted by molar-refractivity contribution is 7.59. The van der Waals surface area contributed by atoms with E-state index >= 15 is 0 Å². The Kier molecular flexibility index (Phi) is 15.4. The minimum atomic E-state index is -4.78. The number of methoxy groups -OCH3 is 1. The molecule has 2 aromatic carbocycles. The van der Waals surface area contributed by atoms with Crippen LogP contribution in [0.3, 0.4) is 0 Å². The van der Waals surface area contributed by atoms with E-state index in [1.165, 1.54) is 34.9 Å². The molecule has 18 heteroatoms. The number of nitrogens with zero attached hydrogens (tertiary/aromatic N) is 6. The number of amides is 3. The van der Waals surface area contributed by atoms with E-state index < -0.39 is 49.7 Å². The number of anilines is 2. The first kappa shape index (κ1) is 43.0. The Balaban J connectivity index is 1.46. The highest BCUT2D eigenvalue weighted by Crippen LogP contribution is 2.49. The second-order valence-corrected chi connectivity index (χ2v) is 15.7. The first-order valence-electron chi connectivity index (χ1n) is 19.2. The molecule has 2 aliphatic rings. The molecule has 1 aromatic heterocycles. The summed E-state index contributed by atoms with van der Waals surface area (Å²) in [5.41, 5.74) is 0.706. The van der Waals surface area contributed by atoms with E-state index in [0.717, 1.165) is 19.3 Å². The monoisotopic (exact) mass is 809 g/mol. The molecule has 2 N–H and O–H groups in total. The minimum absolute atomic E-state index is 0.0295. The maximum Gasteiger partial charge on any atom is 0.409 e. The van der Waals surface area contributed by atoms with Gasteiger partial charge in [-0.15, -0.1) is 0 Å². The molecule has 0 spiro atoms. The molecule has 3 amide bonds. The fraction of sp³-hybridized carbons (Fsp3) is 0.487. The van der Waals surface area contributed by atoms with Crippen LogP contribution >= 0.6 is 7.52 Å². The van der Waals surface area contributed by atoms with Gasteiger partial charge in [-0.1, -0.05) is 61.9 Å². The molecule has 5 rings (SSSR count). The Hall–Kier alpha value is -5.09. The fourth-order valence-corrected chi connectivity index (χ4v) is 7.99. The summed E-state index contributed by atoms with van der Waals surface area (Å²) in [5, 5.41) is 2.70. The van der Waals surface area contributed by atoms with Crippen LogP contribution in [0.25, 0.3) is 11.4 Å². The number of esters is 1. The third-order valence-electron chi connectivity index (χ3n) is 9.51. The van der Waals surface area contributed by atoms with Crippen LogP contribution in [-0.4, -0.2) is 133 Å². The van der Waals surface area contributed by atoms with Crippen molar-refractivity contribution in [2.75, 3.05) is 75.5 Å². The van der Waals surface area contributed by atoms with E-state index in [-0.39, 0.29) is 62.7 Å². The largest absolute Gasteiger partial charge is 0.464 e. The predicted molar refractivity (Wildman–Crippen MR) is 212 cm³/mol. The number of piperazine rings is 1. The van der Waals surface area contributed by atoms with Gasteiger partial charge in [0.25, 0.3) is 5.91 Å². The maximum atomic E-state index is 14.5. The number of nitrogens with one attached hydrogen (secondary N) is 1. The second kappa shape index (κ2) is 20.4. The van der Waals surface area contributed by atoms with Gasteiger partial charge in [-0.2, -0.15) is 4.83 Å². The summed E-state index contributed by atoms with van der Waals surface area (Å²) in [6.07, 6.45) is -0.313. The average molecular weight is 810 g/mol. The predicted octanol–water partition coefficient (Wildman–Crippen LogP) is 4.12. The quantitative estimate of drug-likeness (QED) is 0.0856. The molecule has 3 heterocycles. The van der Waals surface area contributed by atoms with Crippen molar-refractivity contribution >= 4 is 42.9 Å². The molecule has 3 aromatic rings. The zero-order valence-corrected chi connectivity index (χ0v) is 33.7. The Morgan fingerprint density at radius 3 is 2.25 bits per heavy atom. The standard InChI is InChI=1S/C39H52N7O10P/c1-5-7-24-55-39(50)44-22-20-43(21-23-44)37(48)33(27-57(51,52)46(30-16-12-9-13-17-30)56-28(3)38(49)54-6-2)41-36(47)32-25-34(45-19-18-31(26-45)53-4)42-35(40-32)29-14-10-8-11-15-29/h8-17,25,28,31,33H,5-7,18-24,26-27H2,1-4H3,(H,41,47)(H,51,52)/t28-,31-,33-/m0/s1. The van der Waals surface area contributed by atoms with Crippen LogP contribution < -0.4 is 15.1 Å². The number of benzene rings is 2. The van der Waals surface area contributed by atoms with Gasteiger partial charge in [0.2, 0.25) is 5.91 Å². The summed E-state index contributed by atoms with van der Waals surface area (Å²) in [4.78, 5) is 86.4. The van der Waals surface area contributed by atoms with Crippen LogP contribution in [0.1, 0.15) is 50.5 Å².